The van der Waals surface area contributed by atoms with Gasteiger partial charge in [0, 0.05) is 24.5 Å². The molecule has 3 heteroatoms. The van der Waals surface area contributed by atoms with Crippen LogP contribution in [0.2, 0.25) is 0 Å². The second-order valence-corrected chi connectivity index (χ2v) is 5.90. The molecule has 114 valence electrons. The number of rotatable bonds is 4. The van der Waals surface area contributed by atoms with E-state index in [1.54, 1.807) is 0 Å². The Hall–Kier alpha value is -2.29. The van der Waals surface area contributed by atoms with Gasteiger partial charge < -0.3 is 10.2 Å². The Labute approximate surface area is 132 Å². The monoisotopic (exact) mass is 294 g/mol. The maximum Gasteiger partial charge on any atom is 0.228 e. The zero-order valence-corrected chi connectivity index (χ0v) is 13.0. The first-order valence-corrected chi connectivity index (χ1v) is 7.92. The molecule has 1 aliphatic rings. The summed E-state index contributed by atoms with van der Waals surface area (Å²) in [6.07, 6.45) is 2.92. The van der Waals surface area contributed by atoms with Gasteiger partial charge in [-0.1, -0.05) is 36.4 Å². The van der Waals surface area contributed by atoms with Gasteiger partial charge in [-0.25, -0.2) is 0 Å². The predicted octanol–water partition coefficient (Wildman–Crippen LogP) is 3.78. The minimum absolute atomic E-state index is 0.0351. The van der Waals surface area contributed by atoms with Crippen molar-refractivity contribution >= 4 is 17.3 Å². The van der Waals surface area contributed by atoms with E-state index in [-0.39, 0.29) is 5.91 Å². The van der Waals surface area contributed by atoms with Crippen LogP contribution >= 0.6 is 0 Å². The summed E-state index contributed by atoms with van der Waals surface area (Å²) in [7, 11) is 0. The fraction of sp³-hybridized carbons (Fsp3) is 0.316. The smallest absolute Gasteiger partial charge is 0.228 e. The van der Waals surface area contributed by atoms with Crippen molar-refractivity contribution in [3.63, 3.8) is 0 Å². The molecule has 0 unspecified atom stereocenters. The maximum atomic E-state index is 12.2. The molecule has 1 aliphatic heterocycles. The SMILES string of the molecule is Cc1ccc(N2CCCC2)cc1NC(=O)Cc1ccccc1. The van der Waals surface area contributed by atoms with Crippen LogP contribution in [-0.2, 0) is 11.2 Å². The van der Waals surface area contributed by atoms with E-state index in [0.29, 0.717) is 6.42 Å². The van der Waals surface area contributed by atoms with Crippen molar-refractivity contribution in [2.75, 3.05) is 23.3 Å². The highest BCUT2D eigenvalue weighted by Gasteiger charge is 2.14. The third-order valence-corrected chi connectivity index (χ3v) is 4.17. The number of amides is 1. The molecule has 2 aromatic carbocycles. The number of carbonyl (C=O) groups is 1. The summed E-state index contributed by atoms with van der Waals surface area (Å²) < 4.78 is 0. The molecule has 1 heterocycles. The fourth-order valence-electron chi connectivity index (χ4n) is 2.89. The number of nitrogens with zero attached hydrogens (tertiary/aromatic N) is 1. The highest BCUT2D eigenvalue weighted by Crippen LogP contribution is 2.26. The van der Waals surface area contributed by atoms with Crippen LogP contribution in [0.5, 0.6) is 0 Å². The second kappa shape index (κ2) is 6.65. The van der Waals surface area contributed by atoms with Crippen molar-refractivity contribution in [1.29, 1.82) is 0 Å². The van der Waals surface area contributed by atoms with Gasteiger partial charge in [-0.05, 0) is 43.0 Å². The van der Waals surface area contributed by atoms with Crippen molar-refractivity contribution in [2.24, 2.45) is 0 Å². The number of anilines is 2. The molecule has 0 saturated carbocycles. The second-order valence-electron chi connectivity index (χ2n) is 5.90. The Morgan fingerprint density at radius 1 is 1.09 bits per heavy atom. The third kappa shape index (κ3) is 3.48. The molecular formula is C19H22N2O. The first-order valence-electron chi connectivity index (χ1n) is 7.92. The van der Waals surface area contributed by atoms with E-state index in [9.17, 15) is 4.79 Å². The Morgan fingerprint density at radius 3 is 2.55 bits per heavy atom. The van der Waals surface area contributed by atoms with E-state index in [4.69, 9.17) is 0 Å². The van der Waals surface area contributed by atoms with Crippen LogP contribution in [0.3, 0.4) is 0 Å². The van der Waals surface area contributed by atoms with Gasteiger partial charge in [-0.2, -0.15) is 0 Å². The Morgan fingerprint density at radius 2 is 1.82 bits per heavy atom. The van der Waals surface area contributed by atoms with Crippen LogP contribution < -0.4 is 10.2 Å². The highest BCUT2D eigenvalue weighted by molar-refractivity contribution is 5.93. The Kier molecular flexibility index (Phi) is 4.42. The number of benzene rings is 2. The summed E-state index contributed by atoms with van der Waals surface area (Å²) in [6, 6.07) is 16.2. The molecule has 3 rings (SSSR count). The standard InChI is InChI=1S/C19H22N2O/c1-15-9-10-17(21-11-5-6-12-21)14-18(15)20-19(22)13-16-7-3-2-4-8-16/h2-4,7-10,14H,5-6,11-13H2,1H3,(H,20,22). The average Bonchev–Trinajstić information content (AvgIpc) is 3.05. The van der Waals surface area contributed by atoms with Gasteiger partial charge in [0.1, 0.15) is 0 Å². The van der Waals surface area contributed by atoms with Crippen molar-refractivity contribution in [1.82, 2.24) is 0 Å². The van der Waals surface area contributed by atoms with E-state index in [2.05, 4.69) is 28.4 Å². The number of hydrogen-bond donors (Lipinski definition) is 1. The molecule has 0 bridgehead atoms. The number of nitrogens with one attached hydrogen (secondary N) is 1. The van der Waals surface area contributed by atoms with E-state index in [1.165, 1.54) is 18.5 Å². The van der Waals surface area contributed by atoms with E-state index < -0.39 is 0 Å². The van der Waals surface area contributed by atoms with E-state index >= 15 is 0 Å². The fourth-order valence-corrected chi connectivity index (χ4v) is 2.89. The zero-order chi connectivity index (χ0) is 15.4. The molecule has 0 radical (unpaired) electrons. The molecule has 0 aromatic heterocycles. The van der Waals surface area contributed by atoms with Gasteiger partial charge in [0.25, 0.3) is 0 Å². The van der Waals surface area contributed by atoms with Gasteiger partial charge in [0.05, 0.1) is 6.42 Å². The number of aryl methyl sites for hydroxylation is 1. The van der Waals surface area contributed by atoms with Crippen molar-refractivity contribution in [3.8, 4) is 0 Å². The first kappa shape index (κ1) is 14.6. The topological polar surface area (TPSA) is 32.3 Å². The molecule has 3 nitrogen and oxygen atoms in total. The lowest BCUT2D eigenvalue weighted by molar-refractivity contribution is -0.115. The minimum atomic E-state index is 0.0351. The Bertz CT molecular complexity index is 646. The Balaban J connectivity index is 1.71. The number of carbonyl (C=O) groups excluding carboxylic acids is 1. The zero-order valence-electron chi connectivity index (χ0n) is 13.0. The lowest BCUT2D eigenvalue weighted by Crippen LogP contribution is -2.19. The van der Waals surface area contributed by atoms with Gasteiger partial charge >= 0.3 is 0 Å². The van der Waals surface area contributed by atoms with Crippen LogP contribution in [0.1, 0.15) is 24.0 Å². The van der Waals surface area contributed by atoms with Gasteiger partial charge in [-0.15, -0.1) is 0 Å². The van der Waals surface area contributed by atoms with Crippen LogP contribution in [0.25, 0.3) is 0 Å². The normalized spacial score (nSPS) is 14.1. The maximum absolute atomic E-state index is 12.2. The molecule has 0 aliphatic carbocycles. The third-order valence-electron chi connectivity index (χ3n) is 4.17. The summed E-state index contributed by atoms with van der Waals surface area (Å²) in [5.74, 6) is 0.0351. The van der Waals surface area contributed by atoms with Crippen LogP contribution in [0, 0.1) is 6.92 Å². The molecule has 22 heavy (non-hydrogen) atoms. The average molecular weight is 294 g/mol. The summed E-state index contributed by atoms with van der Waals surface area (Å²) >= 11 is 0. The molecular weight excluding hydrogens is 272 g/mol. The number of hydrogen-bond acceptors (Lipinski definition) is 2. The molecule has 0 spiro atoms. The van der Waals surface area contributed by atoms with Crippen molar-refractivity contribution in [3.05, 3.63) is 59.7 Å². The van der Waals surface area contributed by atoms with Gasteiger partial charge in [0.2, 0.25) is 5.91 Å². The lowest BCUT2D eigenvalue weighted by Gasteiger charge is -2.19. The molecule has 1 amide bonds. The summed E-state index contributed by atoms with van der Waals surface area (Å²) in [5.41, 5.74) is 4.26. The molecule has 1 saturated heterocycles. The van der Waals surface area contributed by atoms with Crippen LogP contribution in [-0.4, -0.2) is 19.0 Å². The van der Waals surface area contributed by atoms with E-state index in [1.807, 2.05) is 37.3 Å². The minimum Gasteiger partial charge on any atom is -0.371 e. The summed E-state index contributed by atoms with van der Waals surface area (Å²) in [5, 5.41) is 3.06. The largest absolute Gasteiger partial charge is 0.371 e. The van der Waals surface area contributed by atoms with Gasteiger partial charge in [-0.3, -0.25) is 4.79 Å². The summed E-state index contributed by atoms with van der Waals surface area (Å²) in [6.45, 7) is 4.26. The molecule has 1 N–H and O–H groups in total. The van der Waals surface area contributed by atoms with Crippen LogP contribution in [0.15, 0.2) is 48.5 Å². The molecule has 2 aromatic rings. The highest BCUT2D eigenvalue weighted by atomic mass is 16.1. The van der Waals surface area contributed by atoms with Crippen molar-refractivity contribution < 1.29 is 4.79 Å². The van der Waals surface area contributed by atoms with Crippen LogP contribution in [0.4, 0.5) is 11.4 Å². The van der Waals surface area contributed by atoms with Gasteiger partial charge in [0.15, 0.2) is 0 Å². The molecule has 1 fully saturated rings. The quantitative estimate of drug-likeness (QED) is 0.931. The first-order chi connectivity index (χ1) is 10.7. The van der Waals surface area contributed by atoms with Crippen molar-refractivity contribution in [2.45, 2.75) is 26.2 Å². The van der Waals surface area contributed by atoms with E-state index in [0.717, 1.165) is 29.9 Å². The summed E-state index contributed by atoms with van der Waals surface area (Å²) in [4.78, 5) is 14.6. The predicted molar refractivity (Wildman–Crippen MR) is 91.4 cm³/mol. The lowest BCUT2D eigenvalue weighted by atomic mass is 10.1. The molecule has 0 atom stereocenters.